The van der Waals surface area contributed by atoms with Crippen molar-refractivity contribution < 1.29 is 4.74 Å². The van der Waals surface area contributed by atoms with Crippen molar-refractivity contribution in [3.05, 3.63) is 50.9 Å². The van der Waals surface area contributed by atoms with Crippen LogP contribution in [0.2, 0.25) is 0 Å². The lowest BCUT2D eigenvalue weighted by molar-refractivity contribution is -0.104. The predicted octanol–water partition coefficient (Wildman–Crippen LogP) is 5.45. The number of hydrogen-bond acceptors (Lipinski definition) is 4. The lowest BCUT2D eigenvalue weighted by Gasteiger charge is -2.46. The van der Waals surface area contributed by atoms with Crippen LogP contribution >= 0.6 is 27.3 Å². The van der Waals surface area contributed by atoms with Crippen LogP contribution in [0.3, 0.4) is 0 Å². The zero-order valence-electron chi connectivity index (χ0n) is 15.2. The molecule has 0 amide bonds. The first-order chi connectivity index (χ1) is 12.7. The third kappa shape index (κ3) is 4.06. The average Bonchev–Trinajstić information content (AvgIpc) is 3.29. The van der Waals surface area contributed by atoms with E-state index < -0.39 is 0 Å². The van der Waals surface area contributed by atoms with Gasteiger partial charge in [-0.2, -0.15) is 0 Å². The van der Waals surface area contributed by atoms with Gasteiger partial charge in [-0.05, 0) is 78.8 Å². The molecule has 3 nitrogen and oxygen atoms in total. The van der Waals surface area contributed by atoms with Crippen LogP contribution in [-0.2, 0) is 16.7 Å². The maximum absolute atomic E-state index is 6.33. The molecule has 2 aromatic heterocycles. The number of hydrogen-bond donors (Lipinski definition) is 1. The summed E-state index contributed by atoms with van der Waals surface area (Å²) in [5.41, 5.74) is 1.51. The van der Waals surface area contributed by atoms with Gasteiger partial charge in [0.05, 0.1) is 9.39 Å². The van der Waals surface area contributed by atoms with Gasteiger partial charge in [-0.1, -0.05) is 18.9 Å². The van der Waals surface area contributed by atoms with E-state index in [0.29, 0.717) is 0 Å². The summed E-state index contributed by atoms with van der Waals surface area (Å²) in [5, 5.41) is 3.66. The number of nitrogens with one attached hydrogen (secondary N) is 1. The van der Waals surface area contributed by atoms with Crippen molar-refractivity contribution in [3.8, 4) is 0 Å². The molecule has 1 saturated heterocycles. The van der Waals surface area contributed by atoms with Crippen molar-refractivity contribution in [2.75, 3.05) is 13.2 Å². The van der Waals surface area contributed by atoms with E-state index in [1.54, 1.807) is 11.3 Å². The van der Waals surface area contributed by atoms with Crippen LogP contribution in [-0.4, -0.2) is 23.7 Å². The van der Waals surface area contributed by atoms with Crippen LogP contribution in [0.25, 0.3) is 0 Å². The largest absolute Gasteiger partial charge is 0.375 e. The average molecular weight is 435 g/mol. The van der Waals surface area contributed by atoms with Gasteiger partial charge in [0, 0.05) is 35.3 Å². The minimum Gasteiger partial charge on any atom is -0.375 e. The number of rotatable bonds is 6. The molecule has 0 aromatic carbocycles. The molecular formula is C21H27BrN2OS. The van der Waals surface area contributed by atoms with Crippen molar-refractivity contribution in [2.45, 2.75) is 62.5 Å². The predicted molar refractivity (Wildman–Crippen MR) is 111 cm³/mol. The highest BCUT2D eigenvalue weighted by Gasteiger charge is 2.48. The molecule has 3 heterocycles. The monoisotopic (exact) mass is 434 g/mol. The van der Waals surface area contributed by atoms with Gasteiger partial charge in [0.25, 0.3) is 0 Å². The Balaban J connectivity index is 1.46. The van der Waals surface area contributed by atoms with Crippen LogP contribution in [0, 0.1) is 0 Å². The second-order valence-electron chi connectivity index (χ2n) is 7.79. The molecule has 1 spiro atoms. The summed E-state index contributed by atoms with van der Waals surface area (Å²) >= 11 is 5.35. The molecule has 26 heavy (non-hydrogen) atoms. The molecule has 2 fully saturated rings. The van der Waals surface area contributed by atoms with Crippen molar-refractivity contribution in [1.29, 1.82) is 0 Å². The normalized spacial score (nSPS) is 25.0. The number of aromatic nitrogens is 1. The van der Waals surface area contributed by atoms with Crippen LogP contribution < -0.4 is 5.32 Å². The summed E-state index contributed by atoms with van der Waals surface area (Å²) in [6.07, 6.45) is 10.3. The summed E-state index contributed by atoms with van der Waals surface area (Å²) < 4.78 is 7.53. The highest BCUT2D eigenvalue weighted by Crippen LogP contribution is 2.49. The smallest absolute Gasteiger partial charge is 0.0701 e. The number of halogens is 1. The third-order valence-corrected chi connectivity index (χ3v) is 7.70. The maximum Gasteiger partial charge on any atom is 0.0701 e. The fraction of sp³-hybridized carbons (Fsp3) is 0.571. The lowest BCUT2D eigenvalue weighted by atomic mass is 9.68. The Bertz CT molecular complexity index is 714. The van der Waals surface area contributed by atoms with E-state index in [4.69, 9.17) is 9.72 Å². The van der Waals surface area contributed by atoms with Gasteiger partial charge in [-0.15, -0.1) is 11.3 Å². The molecular weight excluding hydrogens is 408 g/mol. The molecule has 5 heteroatoms. The fourth-order valence-electron chi connectivity index (χ4n) is 4.78. The van der Waals surface area contributed by atoms with Crippen LogP contribution in [0.4, 0.5) is 0 Å². The van der Waals surface area contributed by atoms with Gasteiger partial charge in [0.1, 0.15) is 0 Å². The lowest BCUT2D eigenvalue weighted by Crippen LogP contribution is -2.47. The van der Waals surface area contributed by atoms with Crippen LogP contribution in [0.1, 0.15) is 55.5 Å². The summed E-state index contributed by atoms with van der Waals surface area (Å²) in [6.45, 7) is 2.83. The molecule has 140 valence electrons. The Morgan fingerprint density at radius 1 is 1.15 bits per heavy atom. The summed E-state index contributed by atoms with van der Waals surface area (Å²) in [4.78, 5) is 6.16. The number of pyridine rings is 1. The van der Waals surface area contributed by atoms with Crippen molar-refractivity contribution in [3.63, 3.8) is 0 Å². The Kier molecular flexibility index (Phi) is 5.79. The van der Waals surface area contributed by atoms with Gasteiger partial charge in [-0.3, -0.25) is 4.98 Å². The van der Waals surface area contributed by atoms with Gasteiger partial charge in [0.15, 0.2) is 0 Å². The molecule has 0 bridgehead atoms. The van der Waals surface area contributed by atoms with E-state index in [1.807, 2.05) is 12.3 Å². The van der Waals surface area contributed by atoms with E-state index in [2.05, 4.69) is 45.5 Å². The Labute approximate surface area is 168 Å². The molecule has 4 rings (SSSR count). The van der Waals surface area contributed by atoms with E-state index >= 15 is 0 Å². The molecule has 0 radical (unpaired) electrons. The SMILES string of the molecule is Brc1ccc(CNCC[C@@]2(c3ccccn3)CCOC3(CCCC3)C2)s1. The minimum atomic E-state index is 0.106. The Morgan fingerprint density at radius 2 is 2.04 bits per heavy atom. The summed E-state index contributed by atoms with van der Waals surface area (Å²) in [5.74, 6) is 0. The van der Waals surface area contributed by atoms with Gasteiger partial charge < -0.3 is 10.1 Å². The molecule has 2 aliphatic rings. The number of nitrogens with zero attached hydrogens (tertiary/aromatic N) is 1. The Morgan fingerprint density at radius 3 is 2.77 bits per heavy atom. The van der Waals surface area contributed by atoms with Gasteiger partial charge >= 0.3 is 0 Å². The second kappa shape index (κ2) is 8.09. The standard InChI is InChI=1S/C21H27BrN2OS/c22-19-7-6-17(26-19)15-23-13-10-20(18-5-1-4-12-24-18)11-14-25-21(16-20)8-2-3-9-21/h1,4-7,12,23H,2-3,8-11,13-16H2/t20-/m1/s1. The number of ether oxygens (including phenoxy) is 1. The fourth-order valence-corrected chi connectivity index (χ4v) is 6.23. The molecule has 1 saturated carbocycles. The van der Waals surface area contributed by atoms with E-state index in [0.717, 1.165) is 39.0 Å². The van der Waals surface area contributed by atoms with Gasteiger partial charge in [-0.25, -0.2) is 0 Å². The van der Waals surface area contributed by atoms with Crippen molar-refractivity contribution in [2.24, 2.45) is 0 Å². The molecule has 1 aliphatic carbocycles. The first-order valence-electron chi connectivity index (χ1n) is 9.70. The van der Waals surface area contributed by atoms with E-state index in [-0.39, 0.29) is 11.0 Å². The molecule has 0 unspecified atom stereocenters. The Hall–Kier alpha value is -0.750. The van der Waals surface area contributed by atoms with Crippen LogP contribution in [0.5, 0.6) is 0 Å². The molecule has 1 aliphatic heterocycles. The maximum atomic E-state index is 6.33. The third-order valence-electron chi connectivity index (χ3n) is 6.08. The second-order valence-corrected chi connectivity index (χ2v) is 10.3. The summed E-state index contributed by atoms with van der Waals surface area (Å²) in [7, 11) is 0. The molecule has 1 N–H and O–H groups in total. The summed E-state index contributed by atoms with van der Waals surface area (Å²) in [6, 6.07) is 10.7. The quantitative estimate of drug-likeness (QED) is 0.613. The first kappa shape index (κ1) is 18.6. The molecule has 2 aromatic rings. The van der Waals surface area contributed by atoms with Gasteiger partial charge in [0.2, 0.25) is 0 Å². The molecule has 1 atom stereocenters. The van der Waals surface area contributed by atoms with E-state index in [1.165, 1.54) is 40.0 Å². The van der Waals surface area contributed by atoms with Crippen molar-refractivity contribution >= 4 is 27.3 Å². The topological polar surface area (TPSA) is 34.2 Å². The highest BCUT2D eigenvalue weighted by molar-refractivity contribution is 9.11. The first-order valence-corrected chi connectivity index (χ1v) is 11.3. The van der Waals surface area contributed by atoms with E-state index in [9.17, 15) is 0 Å². The zero-order chi connectivity index (χ0) is 17.9. The zero-order valence-corrected chi connectivity index (χ0v) is 17.6. The number of thiophene rings is 1. The highest BCUT2D eigenvalue weighted by atomic mass is 79.9. The van der Waals surface area contributed by atoms with Crippen LogP contribution in [0.15, 0.2) is 40.3 Å². The minimum absolute atomic E-state index is 0.106. The van der Waals surface area contributed by atoms with Crippen molar-refractivity contribution in [1.82, 2.24) is 10.3 Å².